The van der Waals surface area contributed by atoms with Crippen molar-refractivity contribution in [2.75, 3.05) is 0 Å². The minimum Gasteiger partial charge on any atom is -0.0720 e. The average Bonchev–Trinajstić information content (AvgIpc) is 2.74. The molecule has 1 aliphatic carbocycles. The number of fused-ring (bicyclic) bond motifs is 1. The molecule has 1 heteroatoms. The van der Waals surface area contributed by atoms with Crippen molar-refractivity contribution in [3.05, 3.63) is 77.4 Å². The first-order chi connectivity index (χ1) is 7.45. The molecule has 2 aromatic rings. The van der Waals surface area contributed by atoms with Crippen molar-refractivity contribution in [2.45, 2.75) is 5.92 Å². The second-order valence-electron chi connectivity index (χ2n) is 3.88. The van der Waals surface area contributed by atoms with Crippen molar-refractivity contribution in [1.82, 2.24) is 0 Å². The molecular weight excluding hydrogens is 231 g/mol. The molecule has 0 spiro atoms. The Bertz CT molecular complexity index is 500. The van der Waals surface area contributed by atoms with Gasteiger partial charge in [0.25, 0.3) is 0 Å². The zero-order chi connectivity index (χ0) is 10.1. The van der Waals surface area contributed by atoms with E-state index in [2.05, 4.69) is 66.7 Å². The van der Waals surface area contributed by atoms with Crippen LogP contribution in [0.2, 0.25) is 0 Å². The van der Waals surface area contributed by atoms with E-state index in [0.717, 1.165) is 0 Å². The standard InChI is InChI=1S/C15H12.V/c1-2-6-12(7-3-1)15-11-10-13-8-4-5-9-14(13)15;/h1-11,15H;. The quantitative estimate of drug-likeness (QED) is 0.713. The Hall–Kier alpha value is -1.24. The zero-order valence-corrected chi connectivity index (χ0v) is 10.3. The summed E-state index contributed by atoms with van der Waals surface area (Å²) in [6, 6.07) is 19.2. The molecule has 0 heterocycles. The van der Waals surface area contributed by atoms with Gasteiger partial charge in [-0.05, 0) is 16.7 Å². The van der Waals surface area contributed by atoms with E-state index in [1.807, 2.05) is 0 Å². The van der Waals surface area contributed by atoms with E-state index in [9.17, 15) is 0 Å². The maximum Gasteiger partial charge on any atom is 0.0278 e. The molecule has 0 saturated carbocycles. The van der Waals surface area contributed by atoms with Gasteiger partial charge in [0.05, 0.1) is 0 Å². The topological polar surface area (TPSA) is 0 Å². The van der Waals surface area contributed by atoms with Gasteiger partial charge in [-0.2, -0.15) is 0 Å². The first kappa shape index (κ1) is 11.3. The van der Waals surface area contributed by atoms with E-state index in [1.165, 1.54) is 16.7 Å². The van der Waals surface area contributed by atoms with Gasteiger partial charge in [0.15, 0.2) is 0 Å². The number of hydrogen-bond acceptors (Lipinski definition) is 0. The monoisotopic (exact) mass is 243 g/mol. The second-order valence-corrected chi connectivity index (χ2v) is 3.88. The fourth-order valence-electron chi connectivity index (χ4n) is 2.20. The van der Waals surface area contributed by atoms with Gasteiger partial charge in [0, 0.05) is 24.5 Å². The molecule has 1 unspecified atom stereocenters. The third-order valence-corrected chi connectivity index (χ3v) is 2.96. The summed E-state index contributed by atoms with van der Waals surface area (Å²) in [5, 5.41) is 0. The summed E-state index contributed by atoms with van der Waals surface area (Å²) in [5.41, 5.74) is 4.15. The van der Waals surface area contributed by atoms with Gasteiger partial charge in [0.2, 0.25) is 0 Å². The molecule has 1 aliphatic rings. The van der Waals surface area contributed by atoms with Crippen LogP contribution in [0.3, 0.4) is 0 Å². The molecule has 16 heavy (non-hydrogen) atoms. The van der Waals surface area contributed by atoms with Crippen molar-refractivity contribution >= 4 is 6.08 Å². The molecule has 0 bridgehead atoms. The Morgan fingerprint density at radius 2 is 1.44 bits per heavy atom. The third-order valence-electron chi connectivity index (χ3n) is 2.96. The van der Waals surface area contributed by atoms with Crippen LogP contribution in [-0.2, 0) is 18.6 Å². The molecule has 77 valence electrons. The maximum atomic E-state index is 2.28. The van der Waals surface area contributed by atoms with Gasteiger partial charge in [-0.25, -0.2) is 0 Å². The number of allylic oxidation sites excluding steroid dienone is 1. The van der Waals surface area contributed by atoms with Gasteiger partial charge in [-0.1, -0.05) is 66.7 Å². The minimum absolute atomic E-state index is 0. The molecule has 1 radical (unpaired) electrons. The van der Waals surface area contributed by atoms with Crippen molar-refractivity contribution in [2.24, 2.45) is 0 Å². The molecule has 0 aromatic heterocycles. The van der Waals surface area contributed by atoms with E-state index < -0.39 is 0 Å². The third kappa shape index (κ3) is 1.87. The van der Waals surface area contributed by atoms with Gasteiger partial charge < -0.3 is 0 Å². The average molecular weight is 243 g/mol. The van der Waals surface area contributed by atoms with Crippen LogP contribution in [0.1, 0.15) is 22.6 Å². The fourth-order valence-corrected chi connectivity index (χ4v) is 2.20. The van der Waals surface area contributed by atoms with Crippen molar-refractivity contribution in [1.29, 1.82) is 0 Å². The summed E-state index contributed by atoms with van der Waals surface area (Å²) < 4.78 is 0. The SMILES string of the molecule is C1=CC(c2ccccc2)c2ccccc21.[V]. The van der Waals surface area contributed by atoms with E-state index in [4.69, 9.17) is 0 Å². The van der Waals surface area contributed by atoms with E-state index in [0.29, 0.717) is 5.92 Å². The molecule has 0 amide bonds. The summed E-state index contributed by atoms with van der Waals surface area (Å²) in [6.07, 6.45) is 4.49. The van der Waals surface area contributed by atoms with Gasteiger partial charge in [-0.3, -0.25) is 0 Å². The second kappa shape index (κ2) is 4.73. The van der Waals surface area contributed by atoms with E-state index in [-0.39, 0.29) is 18.6 Å². The summed E-state index contributed by atoms with van der Waals surface area (Å²) in [7, 11) is 0. The summed E-state index contributed by atoms with van der Waals surface area (Å²) in [6.45, 7) is 0. The first-order valence-electron chi connectivity index (χ1n) is 5.27. The van der Waals surface area contributed by atoms with Crippen LogP contribution < -0.4 is 0 Å². The van der Waals surface area contributed by atoms with Crippen LogP contribution in [0.15, 0.2) is 60.7 Å². The van der Waals surface area contributed by atoms with Gasteiger partial charge in [-0.15, -0.1) is 0 Å². The van der Waals surface area contributed by atoms with Crippen LogP contribution in [0.25, 0.3) is 6.08 Å². The Balaban J connectivity index is 0.000000963. The molecule has 3 rings (SSSR count). The van der Waals surface area contributed by atoms with Crippen LogP contribution in [0, 0.1) is 0 Å². The number of benzene rings is 2. The molecule has 0 saturated heterocycles. The van der Waals surface area contributed by atoms with Crippen LogP contribution in [-0.4, -0.2) is 0 Å². The molecule has 1 atom stereocenters. The van der Waals surface area contributed by atoms with Crippen molar-refractivity contribution in [3.8, 4) is 0 Å². The smallest absolute Gasteiger partial charge is 0.0278 e. The molecule has 0 aliphatic heterocycles. The molecular formula is C15H12V. The van der Waals surface area contributed by atoms with Crippen LogP contribution in [0.4, 0.5) is 0 Å². The van der Waals surface area contributed by atoms with Crippen LogP contribution >= 0.6 is 0 Å². The predicted molar refractivity (Wildman–Crippen MR) is 63.8 cm³/mol. The Morgan fingerprint density at radius 3 is 2.25 bits per heavy atom. The predicted octanol–water partition coefficient (Wildman–Crippen LogP) is 3.84. The number of hydrogen-bond donors (Lipinski definition) is 0. The Kier molecular flexibility index (Phi) is 3.33. The first-order valence-corrected chi connectivity index (χ1v) is 5.27. The maximum absolute atomic E-state index is 2.28. The fraction of sp³-hybridized carbons (Fsp3) is 0.0667. The van der Waals surface area contributed by atoms with Crippen molar-refractivity contribution in [3.63, 3.8) is 0 Å². The van der Waals surface area contributed by atoms with Crippen LogP contribution in [0.5, 0.6) is 0 Å². The largest absolute Gasteiger partial charge is 0.0720 e. The molecule has 2 aromatic carbocycles. The summed E-state index contributed by atoms with van der Waals surface area (Å²) >= 11 is 0. The van der Waals surface area contributed by atoms with Gasteiger partial charge in [0.1, 0.15) is 0 Å². The molecule has 0 fully saturated rings. The normalized spacial score (nSPS) is 16.6. The zero-order valence-electron chi connectivity index (χ0n) is 8.88. The molecule has 0 nitrogen and oxygen atoms in total. The van der Waals surface area contributed by atoms with E-state index in [1.54, 1.807) is 0 Å². The minimum atomic E-state index is 0. The van der Waals surface area contributed by atoms with Crippen molar-refractivity contribution < 1.29 is 18.6 Å². The number of rotatable bonds is 1. The van der Waals surface area contributed by atoms with E-state index >= 15 is 0 Å². The Labute approximate surface area is 108 Å². The summed E-state index contributed by atoms with van der Waals surface area (Å²) in [4.78, 5) is 0. The van der Waals surface area contributed by atoms with Gasteiger partial charge >= 0.3 is 0 Å². The molecule has 0 N–H and O–H groups in total. The summed E-state index contributed by atoms with van der Waals surface area (Å²) in [5.74, 6) is 0.447. The Morgan fingerprint density at radius 1 is 0.750 bits per heavy atom.